The molecule has 0 radical (unpaired) electrons. The molecule has 3 nitrogen and oxygen atoms in total. The van der Waals surface area contributed by atoms with E-state index in [0.29, 0.717) is 0 Å². The first-order valence-corrected chi connectivity index (χ1v) is 8.98. The molecule has 2 unspecified atom stereocenters. The lowest BCUT2D eigenvalue weighted by atomic mass is 10.1. The number of ether oxygens (including phenoxy) is 1. The van der Waals surface area contributed by atoms with Crippen LogP contribution in [0.5, 0.6) is 0 Å². The van der Waals surface area contributed by atoms with Crippen LogP contribution in [-0.2, 0) is 22.6 Å². The lowest BCUT2D eigenvalue weighted by Crippen LogP contribution is -2.10. The molecule has 2 atom stereocenters. The van der Waals surface area contributed by atoms with Crippen LogP contribution < -0.4 is 0 Å². The van der Waals surface area contributed by atoms with E-state index in [2.05, 4.69) is 38.6 Å². The third-order valence-electron chi connectivity index (χ3n) is 5.06. The summed E-state index contributed by atoms with van der Waals surface area (Å²) in [5.41, 5.74) is 3.01. The first-order valence-electron chi connectivity index (χ1n) is 8.98. The molecule has 1 heterocycles. The third-order valence-corrected chi connectivity index (χ3v) is 5.06. The molecule has 1 aliphatic carbocycles. The quantitative estimate of drug-likeness (QED) is 0.501. The topological polar surface area (TPSA) is 39.4 Å². The molecule has 26 heavy (non-hydrogen) atoms. The van der Waals surface area contributed by atoms with Crippen LogP contribution in [0, 0.1) is 17.3 Å². The van der Waals surface area contributed by atoms with Crippen LogP contribution in [0.3, 0.4) is 0 Å². The number of allylic oxidation sites excluding steroid dienone is 3. The SMILES string of the molecule is C=C(C)C=CC1C(C(=O)OCc2coc(Cc3ccccc3)c2)C1(C)C. The van der Waals surface area contributed by atoms with Gasteiger partial charge in [0.15, 0.2) is 0 Å². The van der Waals surface area contributed by atoms with Crippen molar-refractivity contribution in [3.63, 3.8) is 0 Å². The predicted molar refractivity (Wildman–Crippen MR) is 102 cm³/mol. The fourth-order valence-corrected chi connectivity index (χ4v) is 3.39. The second-order valence-electron chi connectivity index (χ2n) is 7.72. The molecule has 0 saturated heterocycles. The zero-order chi connectivity index (χ0) is 18.7. The van der Waals surface area contributed by atoms with Crippen molar-refractivity contribution in [3.05, 3.63) is 83.9 Å². The van der Waals surface area contributed by atoms with Crippen LogP contribution in [0.15, 0.2) is 71.4 Å². The number of hydrogen-bond acceptors (Lipinski definition) is 3. The Labute approximate surface area is 155 Å². The Hall–Kier alpha value is -2.55. The van der Waals surface area contributed by atoms with Gasteiger partial charge in [-0.25, -0.2) is 0 Å². The van der Waals surface area contributed by atoms with E-state index < -0.39 is 0 Å². The number of carbonyl (C=O) groups excluding carboxylic acids is 1. The van der Waals surface area contributed by atoms with Crippen LogP contribution in [0.2, 0.25) is 0 Å². The zero-order valence-corrected chi connectivity index (χ0v) is 15.7. The van der Waals surface area contributed by atoms with Gasteiger partial charge in [-0.05, 0) is 29.9 Å². The molecule has 0 bridgehead atoms. The Morgan fingerprint density at radius 3 is 2.69 bits per heavy atom. The first-order chi connectivity index (χ1) is 12.4. The average molecular weight is 350 g/mol. The Kier molecular flexibility index (Phi) is 5.17. The van der Waals surface area contributed by atoms with Crippen molar-refractivity contribution in [1.29, 1.82) is 0 Å². The number of benzene rings is 1. The van der Waals surface area contributed by atoms with Crippen molar-refractivity contribution in [2.45, 2.75) is 33.8 Å². The van der Waals surface area contributed by atoms with Gasteiger partial charge < -0.3 is 9.15 Å². The molecule has 3 heteroatoms. The van der Waals surface area contributed by atoms with Gasteiger partial charge in [0.1, 0.15) is 12.4 Å². The Bertz CT molecular complexity index is 811. The molecule has 2 aromatic rings. The summed E-state index contributed by atoms with van der Waals surface area (Å²) in [5, 5.41) is 0. The lowest BCUT2D eigenvalue weighted by molar-refractivity contribution is -0.147. The van der Waals surface area contributed by atoms with E-state index in [1.165, 1.54) is 5.56 Å². The predicted octanol–water partition coefficient (Wildman–Crippen LogP) is 5.32. The van der Waals surface area contributed by atoms with E-state index >= 15 is 0 Å². The molecule has 136 valence electrons. The molecule has 0 N–H and O–H groups in total. The van der Waals surface area contributed by atoms with E-state index in [-0.39, 0.29) is 29.8 Å². The fourth-order valence-electron chi connectivity index (χ4n) is 3.39. The lowest BCUT2D eigenvalue weighted by Gasteiger charge is -2.03. The van der Waals surface area contributed by atoms with Crippen LogP contribution in [0.4, 0.5) is 0 Å². The molecule has 3 rings (SSSR count). The van der Waals surface area contributed by atoms with Gasteiger partial charge in [0.05, 0.1) is 12.2 Å². The smallest absolute Gasteiger partial charge is 0.310 e. The Morgan fingerprint density at radius 1 is 1.27 bits per heavy atom. The van der Waals surface area contributed by atoms with Crippen molar-refractivity contribution >= 4 is 5.97 Å². The van der Waals surface area contributed by atoms with Gasteiger partial charge in [0.2, 0.25) is 0 Å². The van der Waals surface area contributed by atoms with Gasteiger partial charge in [-0.2, -0.15) is 0 Å². The van der Waals surface area contributed by atoms with Crippen LogP contribution >= 0.6 is 0 Å². The van der Waals surface area contributed by atoms with Gasteiger partial charge in [-0.1, -0.05) is 68.5 Å². The molecular weight excluding hydrogens is 324 g/mol. The highest BCUT2D eigenvalue weighted by Gasteiger charge is 2.61. The molecular formula is C23H26O3. The molecule has 1 saturated carbocycles. The van der Waals surface area contributed by atoms with E-state index in [4.69, 9.17) is 9.15 Å². The summed E-state index contributed by atoms with van der Waals surface area (Å²) in [6.45, 7) is 10.3. The summed E-state index contributed by atoms with van der Waals surface area (Å²) in [6, 6.07) is 12.1. The fraction of sp³-hybridized carbons (Fsp3) is 0.348. The summed E-state index contributed by atoms with van der Waals surface area (Å²) in [6.07, 6.45) is 6.45. The van der Waals surface area contributed by atoms with Crippen molar-refractivity contribution in [1.82, 2.24) is 0 Å². The highest BCUT2D eigenvalue weighted by atomic mass is 16.5. The molecule has 1 aromatic heterocycles. The number of carbonyl (C=O) groups is 1. The van der Waals surface area contributed by atoms with E-state index in [0.717, 1.165) is 23.3 Å². The van der Waals surface area contributed by atoms with Crippen LogP contribution in [0.25, 0.3) is 0 Å². The molecule has 0 amide bonds. The molecule has 0 spiro atoms. The number of rotatable bonds is 7. The molecule has 1 fully saturated rings. The minimum absolute atomic E-state index is 0.0576. The third kappa shape index (κ3) is 4.16. The van der Waals surface area contributed by atoms with Crippen LogP contribution in [-0.4, -0.2) is 5.97 Å². The summed E-state index contributed by atoms with van der Waals surface area (Å²) in [5.74, 6) is 0.854. The first kappa shape index (κ1) is 18.2. The van der Waals surface area contributed by atoms with Crippen molar-refractivity contribution in [2.24, 2.45) is 17.3 Å². The van der Waals surface area contributed by atoms with Gasteiger partial charge in [-0.3, -0.25) is 4.79 Å². The maximum atomic E-state index is 12.4. The minimum atomic E-state index is -0.142. The summed E-state index contributed by atoms with van der Waals surface area (Å²) in [7, 11) is 0. The van der Waals surface area contributed by atoms with E-state index in [1.807, 2.05) is 37.3 Å². The zero-order valence-electron chi connectivity index (χ0n) is 15.7. The molecule has 1 aromatic carbocycles. The van der Waals surface area contributed by atoms with Crippen molar-refractivity contribution in [2.75, 3.05) is 0 Å². The second-order valence-corrected chi connectivity index (χ2v) is 7.72. The number of esters is 1. The van der Waals surface area contributed by atoms with Crippen molar-refractivity contribution < 1.29 is 13.9 Å². The van der Waals surface area contributed by atoms with Gasteiger partial charge in [0.25, 0.3) is 0 Å². The summed E-state index contributed by atoms with van der Waals surface area (Å²) >= 11 is 0. The highest BCUT2D eigenvalue weighted by Crippen LogP contribution is 2.59. The van der Waals surface area contributed by atoms with Crippen molar-refractivity contribution in [3.8, 4) is 0 Å². The van der Waals surface area contributed by atoms with Gasteiger partial charge in [0, 0.05) is 12.0 Å². The maximum absolute atomic E-state index is 12.4. The Balaban J connectivity index is 1.53. The summed E-state index contributed by atoms with van der Waals surface area (Å²) in [4.78, 5) is 12.4. The second kappa shape index (κ2) is 7.36. The molecule has 1 aliphatic rings. The minimum Gasteiger partial charge on any atom is -0.469 e. The highest BCUT2D eigenvalue weighted by molar-refractivity contribution is 5.78. The standard InChI is InChI=1S/C23H26O3/c1-16(2)10-11-20-21(23(20,3)4)22(24)26-15-18-13-19(25-14-18)12-17-8-6-5-7-9-17/h5-11,13-14,20-21H,1,12,15H2,2-4H3. The normalized spacial score (nSPS) is 20.9. The maximum Gasteiger partial charge on any atom is 0.310 e. The van der Waals surface area contributed by atoms with Gasteiger partial charge in [-0.15, -0.1) is 0 Å². The largest absolute Gasteiger partial charge is 0.469 e. The van der Waals surface area contributed by atoms with Crippen LogP contribution in [0.1, 0.15) is 37.7 Å². The Morgan fingerprint density at radius 2 is 2.00 bits per heavy atom. The average Bonchev–Trinajstić information content (AvgIpc) is 2.91. The van der Waals surface area contributed by atoms with Gasteiger partial charge >= 0.3 is 5.97 Å². The number of furan rings is 1. The van der Waals surface area contributed by atoms with E-state index in [9.17, 15) is 4.79 Å². The monoisotopic (exact) mass is 350 g/mol. The number of hydrogen-bond donors (Lipinski definition) is 0. The molecule has 0 aliphatic heterocycles. The summed E-state index contributed by atoms with van der Waals surface area (Å²) < 4.78 is 11.1. The van der Waals surface area contributed by atoms with E-state index in [1.54, 1.807) is 6.26 Å².